The summed E-state index contributed by atoms with van der Waals surface area (Å²) in [6.45, 7) is 2.63. The van der Waals surface area contributed by atoms with E-state index in [0.717, 1.165) is 31.7 Å². The molecule has 1 aromatic carbocycles. The summed E-state index contributed by atoms with van der Waals surface area (Å²) in [5, 5.41) is 3.26. The van der Waals surface area contributed by atoms with Gasteiger partial charge in [-0.15, -0.1) is 0 Å². The maximum absolute atomic E-state index is 13.0. The number of nitrogens with two attached hydrogens (primary N) is 1. The van der Waals surface area contributed by atoms with Crippen LogP contribution in [0.3, 0.4) is 0 Å². The van der Waals surface area contributed by atoms with Crippen molar-refractivity contribution in [2.24, 2.45) is 11.7 Å². The number of amides is 1. The van der Waals surface area contributed by atoms with E-state index in [1.165, 1.54) is 12.1 Å². The van der Waals surface area contributed by atoms with E-state index in [1.54, 1.807) is 12.1 Å². The van der Waals surface area contributed by atoms with Crippen LogP contribution in [0.1, 0.15) is 16.9 Å². The minimum absolute atomic E-state index is 0.216. The Labute approximate surface area is 134 Å². The van der Waals surface area contributed by atoms with Crippen LogP contribution in [0.15, 0.2) is 42.5 Å². The highest BCUT2D eigenvalue weighted by molar-refractivity contribution is 5.91. The van der Waals surface area contributed by atoms with Gasteiger partial charge in [0.2, 0.25) is 0 Å². The zero-order valence-corrected chi connectivity index (χ0v) is 12.7. The highest BCUT2D eigenvalue weighted by atomic mass is 19.1. The number of halogens is 1. The Morgan fingerprint density at radius 3 is 2.83 bits per heavy atom. The number of nitrogens with zero attached hydrogens (tertiary/aromatic N) is 2. The van der Waals surface area contributed by atoms with Crippen LogP contribution in [-0.2, 0) is 0 Å². The Bertz CT molecular complexity index is 689. The molecule has 0 aliphatic carbocycles. The summed E-state index contributed by atoms with van der Waals surface area (Å²) >= 11 is 0. The van der Waals surface area contributed by atoms with Gasteiger partial charge in [0.25, 0.3) is 5.91 Å². The number of carbonyl (C=O) groups excluding carboxylic acids is 1. The number of benzene rings is 1. The molecular weight excluding hydrogens is 295 g/mol. The molecule has 1 aromatic heterocycles. The molecule has 2 aromatic rings. The minimum Gasteiger partial charge on any atom is -0.371 e. The lowest BCUT2D eigenvalue weighted by Crippen LogP contribution is -2.22. The van der Waals surface area contributed by atoms with Crippen LogP contribution in [0, 0.1) is 11.7 Å². The van der Waals surface area contributed by atoms with E-state index in [-0.39, 0.29) is 11.5 Å². The third-order valence-electron chi connectivity index (χ3n) is 4.05. The number of carbonyl (C=O) groups is 1. The molecule has 120 valence electrons. The number of rotatable bonds is 5. The van der Waals surface area contributed by atoms with Gasteiger partial charge in [-0.1, -0.05) is 6.07 Å². The Morgan fingerprint density at radius 2 is 2.09 bits per heavy atom. The fourth-order valence-corrected chi connectivity index (χ4v) is 2.80. The number of hydrogen-bond acceptors (Lipinski definition) is 4. The molecule has 3 N–H and O–H groups in total. The van der Waals surface area contributed by atoms with Crippen molar-refractivity contribution in [3.8, 4) is 0 Å². The van der Waals surface area contributed by atoms with Gasteiger partial charge in [0.1, 0.15) is 17.3 Å². The van der Waals surface area contributed by atoms with Crippen molar-refractivity contribution in [1.82, 2.24) is 4.98 Å². The van der Waals surface area contributed by atoms with Gasteiger partial charge in [-0.25, -0.2) is 9.37 Å². The van der Waals surface area contributed by atoms with Crippen LogP contribution in [-0.4, -0.2) is 30.5 Å². The number of nitrogens with one attached hydrogen (secondary N) is 1. The summed E-state index contributed by atoms with van der Waals surface area (Å²) in [6.07, 6.45) is 1.06. The molecule has 0 radical (unpaired) electrons. The van der Waals surface area contributed by atoms with Crippen molar-refractivity contribution >= 4 is 17.4 Å². The van der Waals surface area contributed by atoms with Crippen LogP contribution in [0.4, 0.5) is 15.9 Å². The monoisotopic (exact) mass is 314 g/mol. The van der Waals surface area contributed by atoms with Gasteiger partial charge < -0.3 is 16.0 Å². The zero-order chi connectivity index (χ0) is 16.2. The molecule has 1 saturated heterocycles. The lowest BCUT2D eigenvalue weighted by atomic mass is 10.1. The average molecular weight is 314 g/mol. The van der Waals surface area contributed by atoms with E-state index >= 15 is 0 Å². The van der Waals surface area contributed by atoms with Crippen LogP contribution < -0.4 is 16.0 Å². The average Bonchev–Trinajstić information content (AvgIpc) is 3.03. The predicted octanol–water partition coefficient (Wildman–Crippen LogP) is 2.26. The fourth-order valence-electron chi connectivity index (χ4n) is 2.80. The molecule has 5 nitrogen and oxygen atoms in total. The van der Waals surface area contributed by atoms with Crippen LogP contribution in [0.5, 0.6) is 0 Å². The van der Waals surface area contributed by atoms with E-state index < -0.39 is 5.91 Å². The number of primary amides is 1. The molecule has 1 atom stereocenters. The van der Waals surface area contributed by atoms with Crippen LogP contribution >= 0.6 is 0 Å². The summed E-state index contributed by atoms with van der Waals surface area (Å²) in [4.78, 5) is 17.6. The maximum atomic E-state index is 13.0. The van der Waals surface area contributed by atoms with Crippen molar-refractivity contribution < 1.29 is 9.18 Å². The largest absolute Gasteiger partial charge is 0.371 e. The second-order valence-corrected chi connectivity index (χ2v) is 5.73. The smallest absolute Gasteiger partial charge is 0.267 e. The summed E-state index contributed by atoms with van der Waals surface area (Å²) in [7, 11) is 0. The van der Waals surface area contributed by atoms with Gasteiger partial charge in [-0.2, -0.15) is 0 Å². The first kappa shape index (κ1) is 15.3. The van der Waals surface area contributed by atoms with E-state index in [2.05, 4.69) is 15.2 Å². The second-order valence-electron chi connectivity index (χ2n) is 5.73. The minimum atomic E-state index is -0.531. The third kappa shape index (κ3) is 3.77. The molecule has 6 heteroatoms. The summed E-state index contributed by atoms with van der Waals surface area (Å²) in [6, 6.07) is 11.8. The molecule has 2 heterocycles. The van der Waals surface area contributed by atoms with Gasteiger partial charge in [0, 0.05) is 25.3 Å². The summed E-state index contributed by atoms with van der Waals surface area (Å²) in [5.41, 5.74) is 6.53. The number of pyridine rings is 1. The molecule has 3 rings (SSSR count). The standard InChI is InChI=1S/C17H19FN4O/c18-13-4-6-14(7-5-13)22-9-8-12(11-22)10-20-16-3-1-2-15(21-16)17(19)23/h1-7,12H,8-11H2,(H2,19,23)(H,20,21)/t12-/m0/s1. The van der Waals surface area contributed by atoms with Crippen molar-refractivity contribution in [1.29, 1.82) is 0 Å². The topological polar surface area (TPSA) is 71.2 Å². The Balaban J connectivity index is 1.55. The van der Waals surface area contributed by atoms with Crippen LogP contribution in [0.2, 0.25) is 0 Å². The molecule has 0 spiro atoms. The number of hydrogen-bond donors (Lipinski definition) is 2. The lowest BCUT2D eigenvalue weighted by Gasteiger charge is -2.19. The maximum Gasteiger partial charge on any atom is 0.267 e. The van der Waals surface area contributed by atoms with Crippen LogP contribution in [0.25, 0.3) is 0 Å². The number of aromatic nitrogens is 1. The molecule has 23 heavy (non-hydrogen) atoms. The Morgan fingerprint density at radius 1 is 1.30 bits per heavy atom. The first-order valence-electron chi connectivity index (χ1n) is 7.63. The SMILES string of the molecule is NC(=O)c1cccc(NC[C@@H]2CCN(c3ccc(F)cc3)C2)n1. The molecule has 0 saturated carbocycles. The summed E-state index contributed by atoms with van der Waals surface area (Å²) < 4.78 is 13.0. The molecule has 1 aliphatic rings. The van der Waals surface area contributed by atoms with Crippen molar-refractivity contribution in [2.75, 3.05) is 29.9 Å². The van der Waals surface area contributed by atoms with Crippen molar-refractivity contribution in [2.45, 2.75) is 6.42 Å². The van der Waals surface area contributed by atoms with Gasteiger partial charge >= 0.3 is 0 Å². The van der Waals surface area contributed by atoms with E-state index in [0.29, 0.717) is 11.7 Å². The normalized spacial score (nSPS) is 17.3. The Hall–Kier alpha value is -2.63. The van der Waals surface area contributed by atoms with Gasteiger partial charge in [-0.05, 0) is 48.7 Å². The first-order chi connectivity index (χ1) is 11.1. The molecule has 1 amide bonds. The Kier molecular flexibility index (Phi) is 4.41. The first-order valence-corrected chi connectivity index (χ1v) is 7.63. The van der Waals surface area contributed by atoms with E-state index in [9.17, 15) is 9.18 Å². The fraction of sp³-hybridized carbons (Fsp3) is 0.294. The molecule has 1 fully saturated rings. The quantitative estimate of drug-likeness (QED) is 0.888. The molecule has 0 unspecified atom stereocenters. The molecule has 0 bridgehead atoms. The highest BCUT2D eigenvalue weighted by Gasteiger charge is 2.22. The molecule has 1 aliphatic heterocycles. The third-order valence-corrected chi connectivity index (χ3v) is 4.05. The van der Waals surface area contributed by atoms with Gasteiger partial charge in [-0.3, -0.25) is 4.79 Å². The van der Waals surface area contributed by atoms with Gasteiger partial charge in [0.05, 0.1) is 0 Å². The van der Waals surface area contributed by atoms with E-state index in [1.807, 2.05) is 18.2 Å². The molecular formula is C17H19FN4O. The highest BCUT2D eigenvalue weighted by Crippen LogP contribution is 2.24. The van der Waals surface area contributed by atoms with Crippen molar-refractivity contribution in [3.63, 3.8) is 0 Å². The van der Waals surface area contributed by atoms with E-state index in [4.69, 9.17) is 5.73 Å². The predicted molar refractivity (Wildman–Crippen MR) is 88.0 cm³/mol. The summed E-state index contributed by atoms with van der Waals surface area (Å²) in [5.74, 6) is 0.379. The number of anilines is 2. The lowest BCUT2D eigenvalue weighted by molar-refractivity contribution is 0.0995. The zero-order valence-electron chi connectivity index (χ0n) is 12.7. The second kappa shape index (κ2) is 6.64. The van der Waals surface area contributed by atoms with Crippen molar-refractivity contribution in [3.05, 3.63) is 54.0 Å². The van der Waals surface area contributed by atoms with Gasteiger partial charge in [0.15, 0.2) is 0 Å².